The van der Waals surface area contributed by atoms with E-state index in [-0.39, 0.29) is 11.4 Å². The Morgan fingerprint density at radius 1 is 1.08 bits per heavy atom. The van der Waals surface area contributed by atoms with E-state index in [0.29, 0.717) is 5.56 Å². The molecule has 0 fully saturated rings. The summed E-state index contributed by atoms with van der Waals surface area (Å²) in [5.74, 6) is -1.10. The van der Waals surface area contributed by atoms with Crippen molar-refractivity contribution in [3.05, 3.63) is 76.4 Å². The molecule has 132 valence electrons. The first-order chi connectivity index (χ1) is 12.5. The Balaban J connectivity index is 1.98. The zero-order valence-corrected chi connectivity index (χ0v) is 15.0. The molecule has 0 N–H and O–H groups in total. The van der Waals surface area contributed by atoms with Gasteiger partial charge < -0.3 is 4.74 Å². The maximum Gasteiger partial charge on any atom is 0.349 e. The van der Waals surface area contributed by atoms with Crippen LogP contribution < -0.4 is 0 Å². The van der Waals surface area contributed by atoms with Gasteiger partial charge in [-0.1, -0.05) is 67.4 Å². The van der Waals surface area contributed by atoms with Crippen LogP contribution in [-0.4, -0.2) is 18.4 Å². The number of rotatable bonds is 7. The van der Waals surface area contributed by atoms with E-state index in [9.17, 15) is 14.9 Å². The van der Waals surface area contributed by atoms with Crippen molar-refractivity contribution in [3.63, 3.8) is 0 Å². The van der Waals surface area contributed by atoms with E-state index < -0.39 is 12.6 Å². The number of ether oxygens (including phenoxy) is 1. The lowest BCUT2D eigenvalue weighted by Gasteiger charge is -2.05. The molecule has 0 bridgehead atoms. The van der Waals surface area contributed by atoms with Gasteiger partial charge in [0.15, 0.2) is 12.4 Å². The molecule has 0 unspecified atom stereocenters. The minimum absolute atomic E-state index is 0.139. The summed E-state index contributed by atoms with van der Waals surface area (Å²) in [4.78, 5) is 24.2. The number of Topliss-reactive ketones (excluding diaryl/α,β-unsaturated/α-hetero) is 1. The summed E-state index contributed by atoms with van der Waals surface area (Å²) in [7, 11) is 0. The molecule has 0 aromatic heterocycles. The monoisotopic (exact) mass is 347 g/mol. The topological polar surface area (TPSA) is 67.2 Å². The molecular weight excluding hydrogens is 326 g/mol. The quantitative estimate of drug-likeness (QED) is 0.324. The van der Waals surface area contributed by atoms with Crippen LogP contribution in [0, 0.1) is 18.3 Å². The third kappa shape index (κ3) is 5.42. The molecule has 0 radical (unpaired) electrons. The number of nitriles is 1. The van der Waals surface area contributed by atoms with Crippen molar-refractivity contribution in [3.8, 4) is 6.07 Å². The van der Waals surface area contributed by atoms with Crippen LogP contribution in [0.25, 0.3) is 6.08 Å². The molecule has 2 aromatic carbocycles. The van der Waals surface area contributed by atoms with Crippen LogP contribution in [0.5, 0.6) is 0 Å². The van der Waals surface area contributed by atoms with Crippen LogP contribution in [0.2, 0.25) is 0 Å². The van der Waals surface area contributed by atoms with Gasteiger partial charge in [-0.25, -0.2) is 4.79 Å². The number of esters is 1. The fourth-order valence-electron chi connectivity index (χ4n) is 2.40. The van der Waals surface area contributed by atoms with Crippen molar-refractivity contribution >= 4 is 17.8 Å². The number of aryl methyl sites for hydroxylation is 2. The minimum Gasteiger partial charge on any atom is -0.453 e. The average molecular weight is 347 g/mol. The van der Waals surface area contributed by atoms with Gasteiger partial charge >= 0.3 is 5.97 Å². The van der Waals surface area contributed by atoms with Gasteiger partial charge in [0.1, 0.15) is 11.6 Å². The fourth-order valence-corrected chi connectivity index (χ4v) is 2.40. The fraction of sp³-hybridized carbons (Fsp3) is 0.227. The molecule has 0 aliphatic heterocycles. The molecule has 4 nitrogen and oxygen atoms in total. The van der Waals surface area contributed by atoms with Gasteiger partial charge in [0.25, 0.3) is 0 Å². The molecule has 0 saturated carbocycles. The zero-order valence-electron chi connectivity index (χ0n) is 15.0. The predicted octanol–water partition coefficient (Wildman–Crippen LogP) is 4.28. The molecule has 0 spiro atoms. The molecule has 0 atom stereocenters. The molecular formula is C22H21NO3. The molecule has 0 amide bonds. The average Bonchev–Trinajstić information content (AvgIpc) is 2.66. The molecule has 0 saturated heterocycles. The number of hydrogen-bond acceptors (Lipinski definition) is 4. The smallest absolute Gasteiger partial charge is 0.349 e. The second-order valence-corrected chi connectivity index (χ2v) is 6.03. The van der Waals surface area contributed by atoms with Gasteiger partial charge in [-0.15, -0.1) is 0 Å². The van der Waals surface area contributed by atoms with Crippen LogP contribution in [0.15, 0.2) is 54.1 Å². The Bertz CT molecular complexity index is 840. The summed E-state index contributed by atoms with van der Waals surface area (Å²) in [5, 5.41) is 9.17. The van der Waals surface area contributed by atoms with Gasteiger partial charge in [-0.2, -0.15) is 5.26 Å². The Hall–Kier alpha value is -3.19. The first-order valence-electron chi connectivity index (χ1n) is 8.51. The molecule has 2 rings (SSSR count). The van der Waals surface area contributed by atoms with Crippen molar-refractivity contribution in [1.29, 1.82) is 5.26 Å². The predicted molar refractivity (Wildman–Crippen MR) is 100 cm³/mol. The number of carbonyl (C=O) groups is 2. The van der Waals surface area contributed by atoms with E-state index in [2.05, 4.69) is 6.92 Å². The van der Waals surface area contributed by atoms with Crippen molar-refractivity contribution in [1.82, 2.24) is 0 Å². The highest BCUT2D eigenvalue weighted by molar-refractivity contribution is 6.01. The molecule has 0 aliphatic carbocycles. The summed E-state index contributed by atoms with van der Waals surface area (Å²) >= 11 is 0. The van der Waals surface area contributed by atoms with Gasteiger partial charge in [-0.3, -0.25) is 4.79 Å². The van der Waals surface area contributed by atoms with E-state index in [1.54, 1.807) is 12.1 Å². The van der Waals surface area contributed by atoms with Crippen LogP contribution >= 0.6 is 0 Å². The molecule has 0 aliphatic rings. The SMILES string of the molecule is CCCc1ccc(C(=O)COC(=O)/C(C#N)=C/c2ccc(C)cc2)cc1. The Kier molecular flexibility index (Phi) is 6.87. The number of benzene rings is 2. The second-order valence-electron chi connectivity index (χ2n) is 6.03. The summed E-state index contributed by atoms with van der Waals surface area (Å²) in [6.45, 7) is 3.65. The molecule has 26 heavy (non-hydrogen) atoms. The lowest BCUT2D eigenvalue weighted by atomic mass is 10.1. The van der Waals surface area contributed by atoms with Gasteiger partial charge in [0.2, 0.25) is 0 Å². The largest absolute Gasteiger partial charge is 0.453 e. The number of ketones is 1. The summed E-state index contributed by atoms with van der Waals surface area (Å²) < 4.78 is 5.01. The van der Waals surface area contributed by atoms with Crippen molar-refractivity contribution < 1.29 is 14.3 Å². The summed E-state index contributed by atoms with van der Waals surface area (Å²) in [6, 6.07) is 16.5. The Labute approximate surface area is 153 Å². The van der Waals surface area contributed by atoms with E-state index in [1.165, 1.54) is 6.08 Å². The normalized spacial score (nSPS) is 10.9. The highest BCUT2D eigenvalue weighted by Gasteiger charge is 2.14. The summed E-state index contributed by atoms with van der Waals surface area (Å²) in [6.07, 6.45) is 3.44. The minimum atomic E-state index is -0.802. The maximum absolute atomic E-state index is 12.1. The van der Waals surface area contributed by atoms with E-state index in [1.807, 2.05) is 49.4 Å². The van der Waals surface area contributed by atoms with Crippen molar-refractivity contribution in [2.45, 2.75) is 26.7 Å². The highest BCUT2D eigenvalue weighted by Crippen LogP contribution is 2.11. The third-order valence-electron chi connectivity index (χ3n) is 3.88. The Morgan fingerprint density at radius 3 is 2.31 bits per heavy atom. The molecule has 0 heterocycles. The van der Waals surface area contributed by atoms with Crippen LogP contribution in [0.3, 0.4) is 0 Å². The number of hydrogen-bond donors (Lipinski definition) is 0. The number of nitrogens with zero attached hydrogens (tertiary/aromatic N) is 1. The van der Waals surface area contributed by atoms with Gasteiger partial charge in [-0.05, 0) is 30.5 Å². The standard InChI is InChI=1S/C22H21NO3/c1-3-4-17-9-11-19(12-10-17)21(24)15-26-22(25)20(14-23)13-18-7-5-16(2)6-8-18/h5-13H,3-4,15H2,1-2H3/b20-13+. The van der Waals surface area contributed by atoms with Crippen LogP contribution in [0.4, 0.5) is 0 Å². The van der Waals surface area contributed by atoms with Crippen molar-refractivity contribution in [2.24, 2.45) is 0 Å². The second kappa shape index (κ2) is 9.33. The first kappa shape index (κ1) is 19.1. The van der Waals surface area contributed by atoms with Crippen LogP contribution in [-0.2, 0) is 16.0 Å². The van der Waals surface area contributed by atoms with E-state index in [4.69, 9.17) is 4.74 Å². The van der Waals surface area contributed by atoms with Gasteiger partial charge in [0.05, 0.1) is 0 Å². The maximum atomic E-state index is 12.1. The zero-order chi connectivity index (χ0) is 18.9. The summed E-state index contributed by atoms with van der Waals surface area (Å²) in [5.41, 5.74) is 3.31. The van der Waals surface area contributed by atoms with Crippen molar-refractivity contribution in [2.75, 3.05) is 6.61 Å². The molecule has 4 heteroatoms. The lowest BCUT2D eigenvalue weighted by Crippen LogP contribution is -2.15. The number of carbonyl (C=O) groups excluding carboxylic acids is 2. The molecule has 2 aromatic rings. The first-order valence-corrected chi connectivity index (χ1v) is 8.51. The van der Waals surface area contributed by atoms with Gasteiger partial charge in [0, 0.05) is 5.56 Å². The van der Waals surface area contributed by atoms with E-state index in [0.717, 1.165) is 29.5 Å². The van der Waals surface area contributed by atoms with Crippen LogP contribution in [0.1, 0.15) is 40.4 Å². The highest BCUT2D eigenvalue weighted by atomic mass is 16.5. The lowest BCUT2D eigenvalue weighted by molar-refractivity contribution is -0.137. The third-order valence-corrected chi connectivity index (χ3v) is 3.88. The van der Waals surface area contributed by atoms with E-state index >= 15 is 0 Å². The Morgan fingerprint density at radius 2 is 1.73 bits per heavy atom.